The summed E-state index contributed by atoms with van der Waals surface area (Å²) in [6.45, 7) is 5.92. The summed E-state index contributed by atoms with van der Waals surface area (Å²) in [5.41, 5.74) is 0.868. The van der Waals surface area contributed by atoms with Crippen LogP contribution in [0.4, 0.5) is 0 Å². The first-order valence-electron chi connectivity index (χ1n) is 8.64. The molecular weight excluding hydrogens is 356 g/mol. The van der Waals surface area contributed by atoms with Gasteiger partial charge in [0.2, 0.25) is 5.76 Å². The molecule has 0 unspecified atom stereocenters. The molecule has 0 radical (unpaired) electrons. The molecule has 6 nitrogen and oxygen atoms in total. The van der Waals surface area contributed by atoms with Gasteiger partial charge in [-0.15, -0.1) is 0 Å². The fourth-order valence-electron chi connectivity index (χ4n) is 2.99. The van der Waals surface area contributed by atoms with Crippen molar-refractivity contribution in [2.24, 2.45) is 0 Å². The molecule has 0 aliphatic carbocycles. The zero-order valence-corrected chi connectivity index (χ0v) is 15.6. The molecule has 0 N–H and O–H groups in total. The molecule has 0 spiro atoms. The first kappa shape index (κ1) is 18.8. The summed E-state index contributed by atoms with van der Waals surface area (Å²) in [6, 6.07) is 9.34. The Morgan fingerprint density at radius 1 is 1.15 bits per heavy atom. The van der Waals surface area contributed by atoms with E-state index in [1.165, 1.54) is 13.4 Å². The Bertz CT molecular complexity index is 726. The van der Waals surface area contributed by atoms with Crippen LogP contribution in [0.25, 0.3) is 0 Å². The molecule has 2 aromatic rings. The standard InChI is InChI=1S/C19H23ClN2O4/c1-24-19(23)18-15(6-12-26-18)14-22-9-7-21(8-10-22)11-13-25-17-5-3-2-4-16(17)20/h2-6,12H,7-11,13-14H2,1H3. The molecule has 1 aromatic carbocycles. The molecule has 1 aliphatic rings. The highest BCUT2D eigenvalue weighted by Gasteiger charge is 2.21. The Hall–Kier alpha value is -2.02. The number of ether oxygens (including phenoxy) is 2. The minimum atomic E-state index is -0.430. The Kier molecular flexibility index (Phi) is 6.55. The number of halogens is 1. The molecule has 1 aromatic heterocycles. The average Bonchev–Trinajstić information content (AvgIpc) is 3.12. The lowest BCUT2D eigenvalue weighted by atomic mass is 10.2. The molecule has 0 saturated carbocycles. The molecule has 1 fully saturated rings. The van der Waals surface area contributed by atoms with Crippen molar-refractivity contribution in [2.75, 3.05) is 46.4 Å². The molecule has 140 valence electrons. The molecule has 1 aliphatic heterocycles. The van der Waals surface area contributed by atoms with Crippen LogP contribution < -0.4 is 4.74 Å². The van der Waals surface area contributed by atoms with Crippen LogP contribution in [0.5, 0.6) is 5.75 Å². The van der Waals surface area contributed by atoms with Crippen LogP contribution in [0.3, 0.4) is 0 Å². The van der Waals surface area contributed by atoms with E-state index in [0.29, 0.717) is 23.9 Å². The summed E-state index contributed by atoms with van der Waals surface area (Å²) < 4.78 is 15.7. The lowest BCUT2D eigenvalue weighted by Crippen LogP contribution is -2.47. The Labute approximate surface area is 158 Å². The summed E-state index contributed by atoms with van der Waals surface area (Å²) in [5, 5.41) is 0.638. The van der Waals surface area contributed by atoms with E-state index in [9.17, 15) is 4.79 Å². The van der Waals surface area contributed by atoms with Crippen LogP contribution in [-0.4, -0.2) is 62.2 Å². The van der Waals surface area contributed by atoms with E-state index in [1.807, 2.05) is 30.3 Å². The number of hydrogen-bond donors (Lipinski definition) is 0. The second-order valence-corrected chi connectivity index (χ2v) is 6.57. The maximum atomic E-state index is 11.7. The fraction of sp³-hybridized carbons (Fsp3) is 0.421. The summed E-state index contributed by atoms with van der Waals surface area (Å²) >= 11 is 6.09. The van der Waals surface area contributed by atoms with E-state index in [2.05, 4.69) is 9.80 Å². The molecule has 3 rings (SSSR count). The van der Waals surface area contributed by atoms with Gasteiger partial charge >= 0.3 is 5.97 Å². The molecular formula is C19H23ClN2O4. The van der Waals surface area contributed by atoms with Crippen molar-refractivity contribution in [2.45, 2.75) is 6.54 Å². The second kappa shape index (κ2) is 9.07. The van der Waals surface area contributed by atoms with Gasteiger partial charge in [-0.25, -0.2) is 4.79 Å². The molecule has 0 amide bonds. The smallest absolute Gasteiger partial charge is 0.374 e. The van der Waals surface area contributed by atoms with Crippen molar-refractivity contribution in [1.82, 2.24) is 9.80 Å². The second-order valence-electron chi connectivity index (χ2n) is 6.16. The van der Waals surface area contributed by atoms with Gasteiger partial charge in [0.25, 0.3) is 0 Å². The minimum Gasteiger partial charge on any atom is -0.491 e. The van der Waals surface area contributed by atoms with Crippen LogP contribution in [0.15, 0.2) is 41.0 Å². The highest BCUT2D eigenvalue weighted by molar-refractivity contribution is 6.32. The monoisotopic (exact) mass is 378 g/mol. The number of para-hydroxylation sites is 1. The van der Waals surface area contributed by atoms with Gasteiger partial charge in [-0.2, -0.15) is 0 Å². The fourth-order valence-corrected chi connectivity index (χ4v) is 3.18. The van der Waals surface area contributed by atoms with Gasteiger partial charge in [0.1, 0.15) is 12.4 Å². The van der Waals surface area contributed by atoms with Crippen LogP contribution in [-0.2, 0) is 11.3 Å². The van der Waals surface area contributed by atoms with E-state index in [0.717, 1.165) is 44.0 Å². The normalized spacial score (nSPS) is 15.8. The summed E-state index contributed by atoms with van der Waals surface area (Å²) in [6.07, 6.45) is 1.53. The van der Waals surface area contributed by atoms with Crippen LogP contribution in [0.1, 0.15) is 16.1 Å². The van der Waals surface area contributed by atoms with Crippen molar-refractivity contribution in [1.29, 1.82) is 0 Å². The van der Waals surface area contributed by atoms with Gasteiger partial charge in [0.05, 0.1) is 18.4 Å². The van der Waals surface area contributed by atoms with Crippen LogP contribution in [0.2, 0.25) is 5.02 Å². The van der Waals surface area contributed by atoms with Gasteiger partial charge in [0, 0.05) is 44.8 Å². The predicted octanol–water partition coefficient (Wildman–Crippen LogP) is 2.92. The Morgan fingerprint density at radius 2 is 1.88 bits per heavy atom. The number of carbonyl (C=O) groups is 1. The zero-order valence-electron chi connectivity index (χ0n) is 14.8. The number of rotatable bonds is 7. The quantitative estimate of drug-likeness (QED) is 0.690. The number of nitrogens with zero attached hydrogens (tertiary/aromatic N) is 2. The maximum Gasteiger partial charge on any atom is 0.374 e. The highest BCUT2D eigenvalue weighted by Crippen LogP contribution is 2.23. The summed E-state index contributed by atoms with van der Waals surface area (Å²) in [4.78, 5) is 16.4. The van der Waals surface area contributed by atoms with Gasteiger partial charge in [-0.3, -0.25) is 9.80 Å². The van der Waals surface area contributed by atoms with Crippen molar-refractivity contribution in [3.05, 3.63) is 52.9 Å². The molecule has 2 heterocycles. The van der Waals surface area contributed by atoms with E-state index >= 15 is 0 Å². The number of carbonyl (C=O) groups excluding carboxylic acids is 1. The number of piperazine rings is 1. The average molecular weight is 379 g/mol. The molecule has 1 saturated heterocycles. The van der Waals surface area contributed by atoms with Gasteiger partial charge in [-0.1, -0.05) is 23.7 Å². The van der Waals surface area contributed by atoms with Crippen molar-refractivity contribution >= 4 is 17.6 Å². The lowest BCUT2D eigenvalue weighted by Gasteiger charge is -2.34. The summed E-state index contributed by atoms with van der Waals surface area (Å²) in [7, 11) is 1.36. The first-order valence-corrected chi connectivity index (χ1v) is 9.02. The zero-order chi connectivity index (χ0) is 18.4. The topological polar surface area (TPSA) is 55.2 Å². The van der Waals surface area contributed by atoms with Crippen LogP contribution >= 0.6 is 11.6 Å². The molecule has 0 bridgehead atoms. The highest BCUT2D eigenvalue weighted by atomic mass is 35.5. The van der Waals surface area contributed by atoms with Gasteiger partial charge in [0.15, 0.2) is 0 Å². The minimum absolute atomic E-state index is 0.295. The third kappa shape index (κ3) is 4.78. The van der Waals surface area contributed by atoms with E-state index in [4.69, 9.17) is 25.5 Å². The van der Waals surface area contributed by atoms with Gasteiger partial charge in [-0.05, 0) is 18.2 Å². The van der Waals surface area contributed by atoms with Crippen molar-refractivity contribution in [3.8, 4) is 5.75 Å². The number of furan rings is 1. The number of methoxy groups -OCH3 is 1. The first-order chi connectivity index (χ1) is 12.7. The Balaban J connectivity index is 1.41. The largest absolute Gasteiger partial charge is 0.491 e. The maximum absolute atomic E-state index is 11.7. The number of benzene rings is 1. The van der Waals surface area contributed by atoms with Crippen molar-refractivity contribution in [3.63, 3.8) is 0 Å². The van der Waals surface area contributed by atoms with Gasteiger partial charge < -0.3 is 13.9 Å². The number of esters is 1. The third-order valence-electron chi connectivity index (χ3n) is 4.48. The molecule has 7 heteroatoms. The van der Waals surface area contributed by atoms with Crippen molar-refractivity contribution < 1.29 is 18.7 Å². The Morgan fingerprint density at radius 3 is 2.62 bits per heavy atom. The number of hydrogen-bond acceptors (Lipinski definition) is 6. The van der Waals surface area contributed by atoms with E-state index in [1.54, 1.807) is 0 Å². The SMILES string of the molecule is COC(=O)c1occc1CN1CCN(CCOc2ccccc2Cl)CC1. The molecule has 0 atom stereocenters. The third-order valence-corrected chi connectivity index (χ3v) is 4.79. The van der Waals surface area contributed by atoms with E-state index in [-0.39, 0.29) is 0 Å². The molecule has 26 heavy (non-hydrogen) atoms. The predicted molar refractivity (Wildman–Crippen MR) is 98.7 cm³/mol. The summed E-state index contributed by atoms with van der Waals surface area (Å²) in [5.74, 6) is 0.589. The van der Waals surface area contributed by atoms with E-state index < -0.39 is 5.97 Å². The lowest BCUT2D eigenvalue weighted by molar-refractivity contribution is 0.0559. The van der Waals surface area contributed by atoms with Crippen LogP contribution in [0, 0.1) is 0 Å².